The summed E-state index contributed by atoms with van der Waals surface area (Å²) in [5.74, 6) is 0.834. The molecule has 1 aliphatic heterocycles. The largest absolute Gasteiger partial charge is 0.488 e. The van der Waals surface area contributed by atoms with Crippen molar-refractivity contribution in [2.45, 2.75) is 31.8 Å². The van der Waals surface area contributed by atoms with Crippen LogP contribution in [-0.4, -0.2) is 29.1 Å². The van der Waals surface area contributed by atoms with E-state index in [4.69, 9.17) is 9.47 Å². The molecule has 1 saturated heterocycles. The minimum atomic E-state index is 0.278. The molecule has 1 aromatic rings. The summed E-state index contributed by atoms with van der Waals surface area (Å²) in [6.45, 7) is 1.60. The van der Waals surface area contributed by atoms with E-state index in [0.717, 1.165) is 12.4 Å². The molecule has 1 aliphatic carbocycles. The van der Waals surface area contributed by atoms with Crippen LogP contribution in [0.1, 0.15) is 25.7 Å². The first kappa shape index (κ1) is 10.1. The third-order valence-electron chi connectivity index (χ3n) is 3.82. The lowest BCUT2D eigenvalue weighted by Gasteiger charge is -2.36. The minimum Gasteiger partial charge on any atom is -0.488 e. The Kier molecular flexibility index (Phi) is 2.39. The van der Waals surface area contributed by atoms with Gasteiger partial charge in [-0.15, -0.1) is 0 Å². The van der Waals surface area contributed by atoms with Crippen LogP contribution in [0, 0.1) is 5.41 Å². The molecular weight excluding hydrogens is 204 g/mol. The standard InChI is InChI=1S/C12H18N2O2/c1-14-7-11(6-13-14)15-8-10-5-12(9-16-10)3-2-4-12/h6-7,10H,2-5,8-9H2,1H3. The van der Waals surface area contributed by atoms with Crippen molar-refractivity contribution < 1.29 is 9.47 Å². The van der Waals surface area contributed by atoms with Gasteiger partial charge in [0.2, 0.25) is 0 Å². The quantitative estimate of drug-likeness (QED) is 0.782. The second-order valence-electron chi connectivity index (χ2n) is 5.15. The van der Waals surface area contributed by atoms with Crippen LogP contribution in [-0.2, 0) is 11.8 Å². The third-order valence-corrected chi connectivity index (χ3v) is 3.82. The molecule has 0 radical (unpaired) electrons. The van der Waals surface area contributed by atoms with Crippen LogP contribution in [0.3, 0.4) is 0 Å². The molecule has 0 aromatic carbocycles. The van der Waals surface area contributed by atoms with Crippen LogP contribution in [0.15, 0.2) is 12.4 Å². The van der Waals surface area contributed by atoms with Crippen molar-refractivity contribution in [3.63, 3.8) is 0 Å². The predicted molar refractivity (Wildman–Crippen MR) is 59.3 cm³/mol. The number of aryl methyl sites for hydroxylation is 1. The van der Waals surface area contributed by atoms with Gasteiger partial charge in [-0.3, -0.25) is 4.68 Å². The topological polar surface area (TPSA) is 36.3 Å². The fourth-order valence-corrected chi connectivity index (χ4v) is 2.69. The summed E-state index contributed by atoms with van der Waals surface area (Å²) in [7, 11) is 1.89. The Bertz CT molecular complexity index is 371. The maximum Gasteiger partial charge on any atom is 0.157 e. The normalized spacial score (nSPS) is 26.9. The molecular formula is C12H18N2O2. The van der Waals surface area contributed by atoms with Gasteiger partial charge in [0.25, 0.3) is 0 Å². The summed E-state index contributed by atoms with van der Waals surface area (Å²) >= 11 is 0. The van der Waals surface area contributed by atoms with Crippen molar-refractivity contribution >= 4 is 0 Å². The molecule has 1 unspecified atom stereocenters. The highest BCUT2D eigenvalue weighted by Crippen LogP contribution is 2.49. The van der Waals surface area contributed by atoms with Crippen LogP contribution in [0.5, 0.6) is 5.75 Å². The van der Waals surface area contributed by atoms with E-state index in [1.165, 1.54) is 25.7 Å². The van der Waals surface area contributed by atoms with Crippen molar-refractivity contribution in [3.8, 4) is 5.75 Å². The van der Waals surface area contributed by atoms with E-state index >= 15 is 0 Å². The number of hydrogen-bond donors (Lipinski definition) is 0. The summed E-state index contributed by atoms with van der Waals surface area (Å²) in [5, 5.41) is 4.07. The van der Waals surface area contributed by atoms with E-state index in [0.29, 0.717) is 12.0 Å². The van der Waals surface area contributed by atoms with Crippen molar-refractivity contribution in [3.05, 3.63) is 12.4 Å². The Hall–Kier alpha value is -1.03. The highest BCUT2D eigenvalue weighted by molar-refractivity contribution is 5.11. The van der Waals surface area contributed by atoms with E-state index < -0.39 is 0 Å². The molecule has 2 aliphatic rings. The van der Waals surface area contributed by atoms with Gasteiger partial charge in [0, 0.05) is 7.05 Å². The summed E-state index contributed by atoms with van der Waals surface area (Å²) in [4.78, 5) is 0. The predicted octanol–water partition coefficient (Wildman–Crippen LogP) is 1.76. The van der Waals surface area contributed by atoms with Gasteiger partial charge in [0.15, 0.2) is 5.75 Å². The van der Waals surface area contributed by atoms with E-state index in [1.807, 2.05) is 13.2 Å². The Balaban J connectivity index is 1.49. The monoisotopic (exact) mass is 222 g/mol. The second kappa shape index (κ2) is 3.77. The Morgan fingerprint density at radius 3 is 3.06 bits per heavy atom. The zero-order valence-electron chi connectivity index (χ0n) is 9.69. The maximum atomic E-state index is 5.79. The molecule has 3 rings (SSSR count). The number of nitrogens with zero attached hydrogens (tertiary/aromatic N) is 2. The molecule has 1 spiro atoms. The van der Waals surface area contributed by atoms with E-state index in [-0.39, 0.29) is 6.10 Å². The average molecular weight is 222 g/mol. The van der Waals surface area contributed by atoms with Gasteiger partial charge in [-0.2, -0.15) is 5.10 Å². The second-order valence-corrected chi connectivity index (χ2v) is 5.15. The van der Waals surface area contributed by atoms with Gasteiger partial charge in [-0.05, 0) is 24.7 Å². The van der Waals surface area contributed by atoms with Gasteiger partial charge in [-0.1, -0.05) is 6.42 Å². The zero-order chi connectivity index (χ0) is 11.0. The SMILES string of the molecule is Cn1cc(OCC2CC3(CCC3)CO2)cn1. The number of hydrogen-bond acceptors (Lipinski definition) is 3. The highest BCUT2D eigenvalue weighted by atomic mass is 16.5. The summed E-state index contributed by atoms with van der Waals surface area (Å²) in [5.41, 5.74) is 0.517. The average Bonchev–Trinajstić information content (AvgIpc) is 2.80. The molecule has 4 heteroatoms. The van der Waals surface area contributed by atoms with Gasteiger partial charge in [0.05, 0.1) is 25.1 Å². The molecule has 1 saturated carbocycles. The van der Waals surface area contributed by atoms with Crippen molar-refractivity contribution in [2.75, 3.05) is 13.2 Å². The van der Waals surface area contributed by atoms with Gasteiger partial charge < -0.3 is 9.47 Å². The highest BCUT2D eigenvalue weighted by Gasteiger charge is 2.44. The van der Waals surface area contributed by atoms with Crippen LogP contribution in [0.2, 0.25) is 0 Å². The van der Waals surface area contributed by atoms with Crippen LogP contribution in [0.25, 0.3) is 0 Å². The lowest BCUT2D eigenvalue weighted by molar-refractivity contribution is 0.0486. The zero-order valence-corrected chi connectivity index (χ0v) is 9.69. The van der Waals surface area contributed by atoms with Gasteiger partial charge in [-0.25, -0.2) is 0 Å². The van der Waals surface area contributed by atoms with E-state index in [1.54, 1.807) is 10.9 Å². The lowest BCUT2D eigenvalue weighted by atomic mass is 9.68. The maximum absolute atomic E-state index is 5.79. The summed E-state index contributed by atoms with van der Waals surface area (Å²) in [6, 6.07) is 0. The molecule has 16 heavy (non-hydrogen) atoms. The number of rotatable bonds is 3. The van der Waals surface area contributed by atoms with Crippen LogP contribution in [0.4, 0.5) is 0 Å². The molecule has 88 valence electrons. The van der Waals surface area contributed by atoms with Crippen molar-refractivity contribution in [2.24, 2.45) is 12.5 Å². The summed E-state index contributed by atoms with van der Waals surface area (Å²) in [6.07, 6.45) is 9.14. The first-order valence-electron chi connectivity index (χ1n) is 5.99. The van der Waals surface area contributed by atoms with Gasteiger partial charge >= 0.3 is 0 Å². The summed E-state index contributed by atoms with van der Waals surface area (Å²) < 4.78 is 13.2. The molecule has 2 fully saturated rings. The molecule has 1 atom stereocenters. The van der Waals surface area contributed by atoms with Crippen LogP contribution < -0.4 is 4.74 Å². The molecule has 0 amide bonds. The molecule has 2 heterocycles. The minimum absolute atomic E-state index is 0.278. The van der Waals surface area contributed by atoms with Crippen molar-refractivity contribution in [1.82, 2.24) is 9.78 Å². The smallest absolute Gasteiger partial charge is 0.157 e. The number of ether oxygens (including phenoxy) is 2. The van der Waals surface area contributed by atoms with Gasteiger partial charge in [0.1, 0.15) is 6.61 Å². The third kappa shape index (κ3) is 1.82. The van der Waals surface area contributed by atoms with E-state index in [9.17, 15) is 0 Å². The van der Waals surface area contributed by atoms with E-state index in [2.05, 4.69) is 5.10 Å². The Morgan fingerprint density at radius 1 is 1.62 bits per heavy atom. The van der Waals surface area contributed by atoms with Crippen LogP contribution >= 0.6 is 0 Å². The molecule has 4 nitrogen and oxygen atoms in total. The molecule has 0 bridgehead atoms. The fourth-order valence-electron chi connectivity index (χ4n) is 2.69. The first-order chi connectivity index (χ1) is 7.76. The lowest BCUT2D eigenvalue weighted by Crippen LogP contribution is -2.30. The molecule has 0 N–H and O–H groups in total. The molecule has 1 aromatic heterocycles. The fraction of sp³-hybridized carbons (Fsp3) is 0.750. The first-order valence-corrected chi connectivity index (χ1v) is 5.99. The Labute approximate surface area is 95.5 Å². The van der Waals surface area contributed by atoms with Crippen molar-refractivity contribution in [1.29, 1.82) is 0 Å². The number of aromatic nitrogens is 2. The Morgan fingerprint density at radius 2 is 2.50 bits per heavy atom.